The second-order valence-corrected chi connectivity index (χ2v) is 9.14. The fourth-order valence-electron chi connectivity index (χ4n) is 5.57. The van der Waals surface area contributed by atoms with Gasteiger partial charge in [-0.3, -0.25) is 9.78 Å². The number of hydrogen-bond donors (Lipinski definition) is 1. The average molecular weight is 403 g/mol. The Morgan fingerprint density at radius 1 is 1.03 bits per heavy atom. The molecule has 0 aliphatic heterocycles. The summed E-state index contributed by atoms with van der Waals surface area (Å²) in [5.74, 6) is 0.464. The number of fused-ring (bicyclic) bond motifs is 1. The maximum atomic E-state index is 13.8. The second kappa shape index (κ2) is 7.50. The Morgan fingerprint density at radius 3 is 2.47 bits per heavy atom. The normalized spacial score (nSPS) is 25.8. The van der Waals surface area contributed by atoms with Crippen molar-refractivity contribution in [2.75, 3.05) is 5.32 Å². The number of halogens is 1. The number of rotatable bonds is 3. The highest BCUT2D eigenvalue weighted by Crippen LogP contribution is 2.58. The van der Waals surface area contributed by atoms with Gasteiger partial charge in [0.15, 0.2) is 0 Å². The summed E-state index contributed by atoms with van der Waals surface area (Å²) < 4.78 is 13.8. The topological polar surface area (TPSA) is 42.0 Å². The van der Waals surface area contributed by atoms with Crippen molar-refractivity contribution in [1.29, 1.82) is 0 Å². The number of benzene rings is 2. The van der Waals surface area contributed by atoms with E-state index in [1.54, 1.807) is 12.1 Å². The molecule has 1 atom stereocenters. The van der Waals surface area contributed by atoms with Crippen molar-refractivity contribution in [3.8, 4) is 0 Å². The lowest BCUT2D eigenvalue weighted by Crippen LogP contribution is -2.48. The van der Waals surface area contributed by atoms with E-state index in [-0.39, 0.29) is 23.1 Å². The fourth-order valence-corrected chi connectivity index (χ4v) is 5.57. The predicted molar refractivity (Wildman–Crippen MR) is 118 cm³/mol. The van der Waals surface area contributed by atoms with E-state index in [2.05, 4.69) is 10.3 Å². The highest BCUT2D eigenvalue weighted by atomic mass is 19.1. The lowest BCUT2D eigenvalue weighted by molar-refractivity contribution is -0.133. The van der Waals surface area contributed by atoms with Crippen LogP contribution in [0.1, 0.15) is 55.6 Å². The molecule has 0 radical (unpaired) electrons. The van der Waals surface area contributed by atoms with Crippen molar-refractivity contribution < 1.29 is 9.18 Å². The van der Waals surface area contributed by atoms with Gasteiger partial charge >= 0.3 is 0 Å². The lowest BCUT2D eigenvalue weighted by Gasteiger charge is -2.52. The molecule has 3 aromatic rings. The molecule has 1 aromatic heterocycles. The number of carbonyl (C=O) groups is 1. The summed E-state index contributed by atoms with van der Waals surface area (Å²) in [6, 6.07) is 14.9. The van der Waals surface area contributed by atoms with Crippen molar-refractivity contribution >= 4 is 22.5 Å². The number of hydrogen-bond acceptors (Lipinski definition) is 2. The van der Waals surface area contributed by atoms with Crippen LogP contribution in [0.3, 0.4) is 0 Å². The molecule has 2 fully saturated rings. The summed E-state index contributed by atoms with van der Waals surface area (Å²) >= 11 is 0. The van der Waals surface area contributed by atoms with Crippen LogP contribution in [0.15, 0.2) is 54.7 Å². The molecule has 0 bridgehead atoms. The van der Waals surface area contributed by atoms with Crippen LogP contribution >= 0.6 is 0 Å². The Hall–Kier alpha value is -2.75. The third-order valence-electron chi connectivity index (χ3n) is 7.46. The van der Waals surface area contributed by atoms with Crippen molar-refractivity contribution in [1.82, 2.24) is 4.98 Å². The molecule has 1 N–H and O–H groups in total. The van der Waals surface area contributed by atoms with E-state index in [9.17, 15) is 9.18 Å². The lowest BCUT2D eigenvalue weighted by atomic mass is 9.52. The molecular formula is C26H27FN2O. The summed E-state index contributed by atoms with van der Waals surface area (Å²) in [6.45, 7) is 2.05. The summed E-state index contributed by atoms with van der Waals surface area (Å²) in [4.78, 5) is 17.4. The van der Waals surface area contributed by atoms with Gasteiger partial charge in [-0.15, -0.1) is 0 Å². The molecular weight excluding hydrogens is 375 g/mol. The minimum Gasteiger partial charge on any atom is -0.326 e. The molecule has 0 unspecified atom stereocenters. The molecule has 0 saturated heterocycles. The average Bonchev–Trinajstić information content (AvgIpc) is 2.74. The first-order chi connectivity index (χ1) is 14.5. The highest BCUT2D eigenvalue weighted by molar-refractivity contribution is 5.93. The van der Waals surface area contributed by atoms with Crippen LogP contribution in [0, 0.1) is 24.1 Å². The SMILES string of the molecule is Cc1ccc(NC(=O)[C@H]2CC[C@]23CC[C@H](c2ccnc4ccc(F)cc42)CC3)cc1. The first kappa shape index (κ1) is 19.2. The minimum absolute atomic E-state index is 0.103. The molecule has 1 amide bonds. The van der Waals surface area contributed by atoms with Gasteiger partial charge in [0, 0.05) is 23.2 Å². The largest absolute Gasteiger partial charge is 0.326 e. The Morgan fingerprint density at radius 2 is 1.77 bits per heavy atom. The molecule has 2 aliphatic carbocycles. The van der Waals surface area contributed by atoms with Gasteiger partial charge in [0.1, 0.15) is 5.82 Å². The van der Waals surface area contributed by atoms with Gasteiger partial charge < -0.3 is 5.32 Å². The van der Waals surface area contributed by atoms with Crippen molar-refractivity contribution in [2.45, 2.75) is 51.4 Å². The Kier molecular flexibility index (Phi) is 4.80. The van der Waals surface area contributed by atoms with Gasteiger partial charge in [-0.1, -0.05) is 17.7 Å². The second-order valence-electron chi connectivity index (χ2n) is 9.14. The number of nitrogens with one attached hydrogen (secondary N) is 1. The number of anilines is 1. The summed E-state index contributed by atoms with van der Waals surface area (Å²) in [6.07, 6.45) is 8.16. The molecule has 1 spiro atoms. The fraction of sp³-hybridized carbons (Fsp3) is 0.385. The zero-order valence-electron chi connectivity index (χ0n) is 17.3. The Balaban J connectivity index is 1.29. The van der Waals surface area contributed by atoms with Crippen molar-refractivity contribution in [3.05, 3.63) is 71.7 Å². The third-order valence-corrected chi connectivity index (χ3v) is 7.46. The number of amides is 1. The summed E-state index contributed by atoms with van der Waals surface area (Å²) in [5.41, 5.74) is 4.27. The predicted octanol–water partition coefficient (Wildman–Crippen LogP) is 6.38. The number of nitrogens with zero attached hydrogens (tertiary/aromatic N) is 1. The van der Waals surface area contributed by atoms with Gasteiger partial charge in [0.05, 0.1) is 5.52 Å². The number of pyridine rings is 1. The first-order valence-corrected chi connectivity index (χ1v) is 11.0. The monoisotopic (exact) mass is 402 g/mol. The van der Waals surface area contributed by atoms with E-state index >= 15 is 0 Å². The molecule has 3 nitrogen and oxygen atoms in total. The van der Waals surface area contributed by atoms with E-state index in [1.165, 1.54) is 17.2 Å². The van der Waals surface area contributed by atoms with E-state index in [4.69, 9.17) is 0 Å². The van der Waals surface area contributed by atoms with Gasteiger partial charge in [-0.25, -0.2) is 4.39 Å². The van der Waals surface area contributed by atoms with Gasteiger partial charge in [0.25, 0.3) is 0 Å². The highest BCUT2D eigenvalue weighted by Gasteiger charge is 2.51. The van der Waals surface area contributed by atoms with Crippen LogP contribution in [0.4, 0.5) is 10.1 Å². The molecule has 2 aliphatic rings. The standard InChI is InChI=1S/C26H27FN2O/c1-17-2-5-20(6-3-17)29-25(30)23-10-14-26(23)12-8-18(9-13-26)21-11-15-28-24-7-4-19(27)16-22(21)24/h2-7,11,15-16,18,23H,8-10,12-14H2,1H3,(H,29,30)/t18-,23-,26+/m1/s1. The Labute approximate surface area is 176 Å². The first-order valence-electron chi connectivity index (χ1n) is 11.0. The van der Waals surface area contributed by atoms with E-state index < -0.39 is 0 Å². The Bertz CT molecular complexity index is 1080. The number of aromatic nitrogens is 1. The zero-order chi connectivity index (χ0) is 20.7. The third kappa shape index (κ3) is 3.38. The van der Waals surface area contributed by atoms with Crippen molar-refractivity contribution in [2.24, 2.45) is 11.3 Å². The van der Waals surface area contributed by atoms with Crippen LogP contribution in [0.5, 0.6) is 0 Å². The van der Waals surface area contributed by atoms with E-state index in [0.29, 0.717) is 5.92 Å². The van der Waals surface area contributed by atoms with Crippen LogP contribution in [-0.2, 0) is 4.79 Å². The zero-order valence-corrected chi connectivity index (χ0v) is 17.3. The molecule has 154 valence electrons. The number of carbonyl (C=O) groups excluding carboxylic acids is 1. The molecule has 2 aromatic carbocycles. The minimum atomic E-state index is -0.212. The van der Waals surface area contributed by atoms with Gasteiger partial charge in [-0.2, -0.15) is 0 Å². The van der Waals surface area contributed by atoms with Crippen LogP contribution in [0.25, 0.3) is 10.9 Å². The molecule has 1 heterocycles. The maximum Gasteiger partial charge on any atom is 0.228 e. The van der Waals surface area contributed by atoms with Gasteiger partial charge in [0.2, 0.25) is 5.91 Å². The van der Waals surface area contributed by atoms with E-state index in [0.717, 1.165) is 55.1 Å². The number of aryl methyl sites for hydroxylation is 1. The molecule has 4 heteroatoms. The van der Waals surface area contributed by atoms with Crippen LogP contribution in [0.2, 0.25) is 0 Å². The van der Waals surface area contributed by atoms with Crippen LogP contribution < -0.4 is 5.32 Å². The van der Waals surface area contributed by atoms with Gasteiger partial charge in [-0.05, 0) is 98.7 Å². The van der Waals surface area contributed by atoms with Crippen molar-refractivity contribution in [3.63, 3.8) is 0 Å². The smallest absolute Gasteiger partial charge is 0.228 e. The molecule has 2 saturated carbocycles. The molecule has 30 heavy (non-hydrogen) atoms. The maximum absolute atomic E-state index is 13.8. The summed E-state index contributed by atoms with van der Waals surface area (Å²) in [7, 11) is 0. The molecule has 5 rings (SSSR count). The van der Waals surface area contributed by atoms with Crippen LogP contribution in [-0.4, -0.2) is 10.9 Å². The summed E-state index contributed by atoms with van der Waals surface area (Å²) in [5, 5.41) is 4.06. The quantitative estimate of drug-likeness (QED) is 0.553. The van der Waals surface area contributed by atoms with E-state index in [1.807, 2.05) is 43.5 Å².